The number of unbranched alkanes of at least 4 members (excludes halogenated alkanes) is 4. The third-order valence-corrected chi connectivity index (χ3v) is 6.85. The van der Waals surface area contributed by atoms with E-state index in [1.165, 1.54) is 0 Å². The topological polar surface area (TPSA) is 86.7 Å². The second-order valence-corrected chi connectivity index (χ2v) is 10.4. The molecule has 0 bridgehead atoms. The second-order valence-electron chi connectivity index (χ2n) is 10.4. The average Bonchev–Trinajstić information content (AvgIpc) is 2.95. The Balaban J connectivity index is 1.52. The predicted octanol–water partition coefficient (Wildman–Crippen LogP) is 7.82. The van der Waals surface area contributed by atoms with Crippen LogP contribution < -0.4 is 9.47 Å². The molecule has 0 amide bonds. The Morgan fingerprint density at radius 2 is 1.24 bits per heavy atom. The van der Waals surface area contributed by atoms with Crippen molar-refractivity contribution in [2.45, 2.75) is 85.0 Å². The van der Waals surface area contributed by atoms with Crippen molar-refractivity contribution in [3.8, 4) is 11.5 Å². The SMILES string of the molecule is CCCCCC(=O)Cc1ccc(C(=O)Cc2ccc(OC(=O)c3ccc(OC(=O)CCCCC)cc3)c(C)c2)cc1. The van der Waals surface area contributed by atoms with Gasteiger partial charge in [-0.2, -0.15) is 0 Å². The highest BCUT2D eigenvalue weighted by Gasteiger charge is 2.14. The molecule has 0 aliphatic carbocycles. The van der Waals surface area contributed by atoms with Gasteiger partial charge < -0.3 is 9.47 Å². The Hall–Kier alpha value is -4.06. The van der Waals surface area contributed by atoms with E-state index in [2.05, 4.69) is 13.8 Å². The molecule has 216 valence electrons. The molecule has 0 saturated carbocycles. The molecule has 0 unspecified atom stereocenters. The molecular weight excluding hydrogens is 516 g/mol. The van der Waals surface area contributed by atoms with E-state index in [0.29, 0.717) is 41.9 Å². The lowest BCUT2D eigenvalue weighted by Crippen LogP contribution is -2.11. The summed E-state index contributed by atoms with van der Waals surface area (Å²) in [6.07, 6.45) is 7.46. The van der Waals surface area contributed by atoms with Crippen molar-refractivity contribution in [1.82, 2.24) is 0 Å². The average molecular weight is 557 g/mol. The minimum atomic E-state index is -0.526. The van der Waals surface area contributed by atoms with E-state index in [-0.39, 0.29) is 24.0 Å². The molecule has 6 heteroatoms. The molecule has 0 atom stereocenters. The standard InChI is InChI=1S/C35H40O6/c1-4-6-8-10-30(36)23-26-12-15-28(16-13-26)32(37)24-27-14-21-33(25(3)22-27)41-35(39)29-17-19-31(20-18-29)40-34(38)11-9-7-5-2/h12-22H,4-11,23-24H2,1-3H3. The highest BCUT2D eigenvalue weighted by atomic mass is 16.5. The van der Waals surface area contributed by atoms with E-state index < -0.39 is 5.97 Å². The molecular formula is C35H40O6. The summed E-state index contributed by atoms with van der Waals surface area (Å²) in [5.74, 6) is 0.182. The van der Waals surface area contributed by atoms with E-state index >= 15 is 0 Å². The molecule has 41 heavy (non-hydrogen) atoms. The number of hydrogen-bond donors (Lipinski definition) is 0. The van der Waals surface area contributed by atoms with E-state index in [4.69, 9.17) is 9.47 Å². The fourth-order valence-corrected chi connectivity index (χ4v) is 4.44. The van der Waals surface area contributed by atoms with Gasteiger partial charge in [0.1, 0.15) is 17.3 Å². The van der Waals surface area contributed by atoms with E-state index in [1.807, 2.05) is 25.1 Å². The van der Waals surface area contributed by atoms with Gasteiger partial charge in [-0.05, 0) is 66.8 Å². The second kappa shape index (κ2) is 16.3. The highest BCUT2D eigenvalue weighted by Crippen LogP contribution is 2.23. The summed E-state index contributed by atoms with van der Waals surface area (Å²) in [6, 6.07) is 18.8. The summed E-state index contributed by atoms with van der Waals surface area (Å²) in [6.45, 7) is 6.01. The van der Waals surface area contributed by atoms with E-state index in [0.717, 1.165) is 55.2 Å². The van der Waals surface area contributed by atoms with Crippen molar-refractivity contribution in [1.29, 1.82) is 0 Å². The summed E-state index contributed by atoms with van der Waals surface area (Å²) in [4.78, 5) is 49.6. The molecule has 0 aliphatic heterocycles. The maximum absolute atomic E-state index is 12.9. The van der Waals surface area contributed by atoms with Crippen LogP contribution in [0, 0.1) is 6.92 Å². The van der Waals surface area contributed by atoms with Crippen molar-refractivity contribution in [2.75, 3.05) is 0 Å². The Bertz CT molecular complexity index is 1320. The minimum Gasteiger partial charge on any atom is -0.427 e. The number of carbonyl (C=O) groups is 4. The van der Waals surface area contributed by atoms with Crippen LogP contribution >= 0.6 is 0 Å². The van der Waals surface area contributed by atoms with Crippen LogP contribution in [0.15, 0.2) is 66.7 Å². The van der Waals surface area contributed by atoms with Crippen LogP contribution in [0.5, 0.6) is 11.5 Å². The van der Waals surface area contributed by atoms with Crippen LogP contribution in [0.1, 0.15) is 103 Å². The molecule has 0 heterocycles. The molecule has 0 fully saturated rings. The third kappa shape index (κ3) is 10.5. The Morgan fingerprint density at radius 1 is 0.634 bits per heavy atom. The quantitative estimate of drug-likeness (QED) is 0.0774. The van der Waals surface area contributed by atoms with Crippen molar-refractivity contribution < 1.29 is 28.7 Å². The number of ether oxygens (including phenoxy) is 2. The van der Waals surface area contributed by atoms with E-state index in [1.54, 1.807) is 48.5 Å². The number of esters is 2. The molecule has 0 spiro atoms. The number of rotatable bonds is 16. The van der Waals surface area contributed by atoms with Crippen LogP contribution in [0.3, 0.4) is 0 Å². The van der Waals surface area contributed by atoms with Crippen molar-refractivity contribution in [3.05, 3.63) is 94.5 Å². The van der Waals surface area contributed by atoms with Gasteiger partial charge >= 0.3 is 11.9 Å². The smallest absolute Gasteiger partial charge is 0.343 e. The molecule has 3 rings (SSSR count). The van der Waals surface area contributed by atoms with Gasteiger partial charge in [-0.15, -0.1) is 0 Å². The van der Waals surface area contributed by atoms with Gasteiger partial charge in [-0.25, -0.2) is 4.79 Å². The van der Waals surface area contributed by atoms with Gasteiger partial charge in [0.2, 0.25) is 0 Å². The fourth-order valence-electron chi connectivity index (χ4n) is 4.44. The monoisotopic (exact) mass is 556 g/mol. The molecule has 6 nitrogen and oxygen atoms in total. The zero-order valence-corrected chi connectivity index (χ0v) is 24.4. The number of aryl methyl sites for hydroxylation is 1. The van der Waals surface area contributed by atoms with Crippen LogP contribution in [-0.2, 0) is 22.4 Å². The molecule has 0 N–H and O–H groups in total. The van der Waals surface area contributed by atoms with Gasteiger partial charge in [-0.1, -0.05) is 75.9 Å². The van der Waals surface area contributed by atoms with Gasteiger partial charge in [0.25, 0.3) is 0 Å². The Morgan fingerprint density at radius 3 is 1.88 bits per heavy atom. The number of ketones is 2. The molecule has 0 radical (unpaired) electrons. The lowest BCUT2D eigenvalue weighted by molar-refractivity contribution is -0.134. The van der Waals surface area contributed by atoms with Gasteiger partial charge in [0, 0.05) is 31.2 Å². The molecule has 3 aromatic rings. The van der Waals surface area contributed by atoms with Gasteiger partial charge in [0.05, 0.1) is 5.56 Å². The van der Waals surface area contributed by atoms with Crippen LogP contribution in [0.25, 0.3) is 0 Å². The fraction of sp³-hybridized carbons (Fsp3) is 0.371. The first-order valence-electron chi connectivity index (χ1n) is 14.5. The summed E-state index contributed by atoms with van der Waals surface area (Å²) >= 11 is 0. The highest BCUT2D eigenvalue weighted by molar-refractivity contribution is 5.97. The predicted molar refractivity (Wildman–Crippen MR) is 160 cm³/mol. The molecule has 0 aliphatic rings. The molecule has 3 aromatic carbocycles. The summed E-state index contributed by atoms with van der Waals surface area (Å²) in [5.41, 5.74) is 3.39. The third-order valence-electron chi connectivity index (χ3n) is 6.85. The number of benzene rings is 3. The Labute approximate surface area is 243 Å². The number of Topliss-reactive ketones (excluding diaryl/α,β-unsaturated/α-hetero) is 2. The first-order valence-corrected chi connectivity index (χ1v) is 14.5. The first kappa shape index (κ1) is 31.5. The summed E-state index contributed by atoms with van der Waals surface area (Å²) in [7, 11) is 0. The molecule has 0 saturated heterocycles. The minimum absolute atomic E-state index is 0.0267. The zero-order valence-electron chi connectivity index (χ0n) is 24.4. The summed E-state index contributed by atoms with van der Waals surface area (Å²) in [5, 5.41) is 0. The van der Waals surface area contributed by atoms with Crippen LogP contribution in [-0.4, -0.2) is 23.5 Å². The van der Waals surface area contributed by atoms with Gasteiger partial charge in [-0.3, -0.25) is 14.4 Å². The lowest BCUT2D eigenvalue weighted by Gasteiger charge is -2.10. The Kier molecular flexibility index (Phi) is 12.5. The summed E-state index contributed by atoms with van der Waals surface area (Å²) < 4.78 is 10.9. The largest absolute Gasteiger partial charge is 0.427 e. The number of carbonyl (C=O) groups excluding carboxylic acids is 4. The number of hydrogen-bond acceptors (Lipinski definition) is 6. The van der Waals surface area contributed by atoms with Crippen LogP contribution in [0.4, 0.5) is 0 Å². The van der Waals surface area contributed by atoms with Crippen molar-refractivity contribution in [2.24, 2.45) is 0 Å². The van der Waals surface area contributed by atoms with Gasteiger partial charge in [0.15, 0.2) is 5.78 Å². The maximum Gasteiger partial charge on any atom is 0.343 e. The lowest BCUT2D eigenvalue weighted by atomic mass is 9.98. The molecule has 0 aromatic heterocycles. The normalized spacial score (nSPS) is 10.7. The van der Waals surface area contributed by atoms with Crippen molar-refractivity contribution >= 4 is 23.5 Å². The first-order chi connectivity index (χ1) is 19.8. The van der Waals surface area contributed by atoms with Crippen LogP contribution in [0.2, 0.25) is 0 Å². The maximum atomic E-state index is 12.9. The zero-order chi connectivity index (χ0) is 29.6. The van der Waals surface area contributed by atoms with E-state index in [9.17, 15) is 19.2 Å². The van der Waals surface area contributed by atoms with Crippen molar-refractivity contribution in [3.63, 3.8) is 0 Å².